The number of likely N-dealkylation sites (N-methyl/N-ethyl adjacent to an activating group) is 1. The normalized spacial score (nSPS) is 10.9. The number of carbonyl (C=O) groups excluding carboxylic acids is 1. The third-order valence-corrected chi connectivity index (χ3v) is 3.10. The van der Waals surface area contributed by atoms with Crippen molar-refractivity contribution in [2.75, 3.05) is 19.7 Å². The summed E-state index contributed by atoms with van der Waals surface area (Å²) < 4.78 is 1.65. The van der Waals surface area contributed by atoms with E-state index in [0.29, 0.717) is 24.3 Å². The first-order chi connectivity index (χ1) is 9.08. The molecular formula is C13H18N4O2. The summed E-state index contributed by atoms with van der Waals surface area (Å²) in [6.45, 7) is 4.59. The number of pyridine rings is 1. The third-order valence-electron chi connectivity index (χ3n) is 3.10. The summed E-state index contributed by atoms with van der Waals surface area (Å²) in [6.07, 6.45) is 1.65. The summed E-state index contributed by atoms with van der Waals surface area (Å²) in [5.41, 5.74) is 2.06. The smallest absolute Gasteiger partial charge is 0.254 e. The number of aliphatic hydroxyl groups is 1. The molecule has 19 heavy (non-hydrogen) atoms. The van der Waals surface area contributed by atoms with Crippen molar-refractivity contribution in [2.24, 2.45) is 7.05 Å². The average molecular weight is 262 g/mol. The molecule has 0 aromatic carbocycles. The number of aliphatic hydroxyl groups excluding tert-OH is 1. The Labute approximate surface area is 111 Å². The molecule has 0 aliphatic rings. The molecule has 6 heteroatoms. The summed E-state index contributed by atoms with van der Waals surface area (Å²) in [7, 11) is 1.80. The van der Waals surface area contributed by atoms with E-state index >= 15 is 0 Å². The summed E-state index contributed by atoms with van der Waals surface area (Å²) >= 11 is 0. The van der Waals surface area contributed by atoms with E-state index in [9.17, 15) is 4.79 Å². The van der Waals surface area contributed by atoms with Crippen molar-refractivity contribution in [1.82, 2.24) is 19.7 Å². The molecule has 102 valence electrons. The highest BCUT2D eigenvalue weighted by Crippen LogP contribution is 2.19. The lowest BCUT2D eigenvalue weighted by Crippen LogP contribution is -2.33. The first kappa shape index (κ1) is 13.5. The highest BCUT2D eigenvalue weighted by atomic mass is 16.3. The monoisotopic (exact) mass is 262 g/mol. The molecule has 6 nitrogen and oxygen atoms in total. The predicted molar refractivity (Wildman–Crippen MR) is 71.9 cm³/mol. The Bertz CT molecular complexity index is 606. The molecule has 0 saturated heterocycles. The van der Waals surface area contributed by atoms with Crippen LogP contribution in [0.3, 0.4) is 0 Å². The van der Waals surface area contributed by atoms with Crippen LogP contribution < -0.4 is 0 Å². The molecule has 0 fully saturated rings. The van der Waals surface area contributed by atoms with Gasteiger partial charge in [0.05, 0.1) is 23.8 Å². The number of aromatic nitrogens is 3. The predicted octanol–water partition coefficient (Wildman–Crippen LogP) is 0.731. The van der Waals surface area contributed by atoms with E-state index in [1.807, 2.05) is 13.8 Å². The molecule has 1 amide bonds. The molecule has 1 N–H and O–H groups in total. The first-order valence-corrected chi connectivity index (χ1v) is 6.28. The lowest BCUT2D eigenvalue weighted by atomic mass is 10.1. The quantitative estimate of drug-likeness (QED) is 0.881. The molecule has 0 aliphatic heterocycles. The van der Waals surface area contributed by atoms with E-state index in [1.54, 1.807) is 28.9 Å². The number of amides is 1. The minimum absolute atomic E-state index is 0.0418. The van der Waals surface area contributed by atoms with Crippen molar-refractivity contribution in [3.8, 4) is 0 Å². The number of aryl methyl sites for hydroxylation is 2. The molecule has 0 aliphatic carbocycles. The van der Waals surface area contributed by atoms with Gasteiger partial charge in [0.2, 0.25) is 0 Å². The summed E-state index contributed by atoms with van der Waals surface area (Å²) in [5, 5.41) is 13.9. The lowest BCUT2D eigenvalue weighted by Gasteiger charge is -2.20. The topological polar surface area (TPSA) is 71.2 Å². The molecule has 0 unspecified atom stereocenters. The molecule has 0 radical (unpaired) electrons. The van der Waals surface area contributed by atoms with Crippen molar-refractivity contribution in [1.29, 1.82) is 0 Å². The van der Waals surface area contributed by atoms with Gasteiger partial charge in [-0.15, -0.1) is 0 Å². The van der Waals surface area contributed by atoms with E-state index in [0.717, 1.165) is 11.1 Å². The van der Waals surface area contributed by atoms with Gasteiger partial charge in [-0.2, -0.15) is 5.10 Å². The van der Waals surface area contributed by atoms with Crippen LogP contribution in [-0.4, -0.2) is 50.4 Å². The number of fused-ring (bicyclic) bond motifs is 1. The van der Waals surface area contributed by atoms with Gasteiger partial charge in [-0.3, -0.25) is 9.48 Å². The van der Waals surface area contributed by atoms with Crippen molar-refractivity contribution in [3.63, 3.8) is 0 Å². The zero-order valence-electron chi connectivity index (χ0n) is 11.4. The molecule has 2 rings (SSSR count). The lowest BCUT2D eigenvalue weighted by molar-refractivity contribution is 0.0734. The zero-order valence-corrected chi connectivity index (χ0v) is 11.4. The Morgan fingerprint density at radius 2 is 2.26 bits per heavy atom. The SMILES string of the molecule is CCN(CCO)C(=O)c1cc(C)nc2c1cnn2C. The summed E-state index contributed by atoms with van der Waals surface area (Å²) in [4.78, 5) is 18.5. The summed E-state index contributed by atoms with van der Waals surface area (Å²) in [6, 6.07) is 1.77. The Morgan fingerprint density at radius 3 is 2.89 bits per heavy atom. The Kier molecular flexibility index (Phi) is 3.80. The average Bonchev–Trinajstić information content (AvgIpc) is 2.76. The highest BCUT2D eigenvalue weighted by Gasteiger charge is 2.19. The number of carbonyl (C=O) groups is 1. The van der Waals surface area contributed by atoms with Crippen LogP contribution in [0.2, 0.25) is 0 Å². The second-order valence-corrected chi connectivity index (χ2v) is 4.43. The number of rotatable bonds is 4. The maximum Gasteiger partial charge on any atom is 0.254 e. The van der Waals surface area contributed by atoms with Gasteiger partial charge in [0.1, 0.15) is 0 Å². The van der Waals surface area contributed by atoms with E-state index in [-0.39, 0.29) is 12.5 Å². The fourth-order valence-corrected chi connectivity index (χ4v) is 2.11. The molecule has 2 heterocycles. The van der Waals surface area contributed by atoms with Gasteiger partial charge in [0.25, 0.3) is 5.91 Å². The van der Waals surface area contributed by atoms with Crippen LogP contribution in [0, 0.1) is 6.92 Å². The largest absolute Gasteiger partial charge is 0.395 e. The van der Waals surface area contributed by atoms with Gasteiger partial charge < -0.3 is 10.0 Å². The van der Waals surface area contributed by atoms with E-state index in [4.69, 9.17) is 5.11 Å². The van der Waals surface area contributed by atoms with Gasteiger partial charge >= 0.3 is 0 Å². The molecule has 2 aromatic heterocycles. The molecule has 2 aromatic rings. The standard InChI is InChI=1S/C13H18N4O2/c1-4-17(5-6-18)13(19)10-7-9(2)15-12-11(10)8-14-16(12)3/h7-8,18H,4-6H2,1-3H3. The Hall–Kier alpha value is -1.95. The molecule has 0 saturated carbocycles. The highest BCUT2D eigenvalue weighted by molar-refractivity contribution is 6.05. The number of hydrogen-bond donors (Lipinski definition) is 1. The van der Waals surface area contributed by atoms with Gasteiger partial charge in [0.15, 0.2) is 5.65 Å². The van der Waals surface area contributed by atoms with Crippen LogP contribution in [0.15, 0.2) is 12.3 Å². The second-order valence-electron chi connectivity index (χ2n) is 4.43. The Morgan fingerprint density at radius 1 is 1.53 bits per heavy atom. The van der Waals surface area contributed by atoms with Gasteiger partial charge in [0, 0.05) is 25.8 Å². The molecule has 0 bridgehead atoms. The van der Waals surface area contributed by atoms with E-state index in [1.165, 1.54) is 0 Å². The minimum atomic E-state index is -0.0972. The van der Waals surface area contributed by atoms with Crippen molar-refractivity contribution in [3.05, 3.63) is 23.5 Å². The second kappa shape index (κ2) is 5.36. The molecular weight excluding hydrogens is 244 g/mol. The van der Waals surface area contributed by atoms with Gasteiger partial charge in [-0.25, -0.2) is 4.98 Å². The maximum absolute atomic E-state index is 12.5. The van der Waals surface area contributed by atoms with Crippen molar-refractivity contribution >= 4 is 16.9 Å². The zero-order chi connectivity index (χ0) is 14.0. The molecule has 0 spiro atoms. The maximum atomic E-state index is 12.5. The van der Waals surface area contributed by atoms with Gasteiger partial charge in [-0.05, 0) is 19.9 Å². The number of hydrogen-bond acceptors (Lipinski definition) is 4. The first-order valence-electron chi connectivity index (χ1n) is 6.28. The van der Waals surface area contributed by atoms with Crippen LogP contribution in [0.25, 0.3) is 11.0 Å². The van der Waals surface area contributed by atoms with Gasteiger partial charge in [-0.1, -0.05) is 0 Å². The van der Waals surface area contributed by atoms with E-state index in [2.05, 4.69) is 10.1 Å². The van der Waals surface area contributed by atoms with Crippen LogP contribution in [0.1, 0.15) is 23.0 Å². The van der Waals surface area contributed by atoms with Crippen molar-refractivity contribution < 1.29 is 9.90 Å². The third kappa shape index (κ3) is 2.44. The van der Waals surface area contributed by atoms with Crippen LogP contribution in [-0.2, 0) is 7.05 Å². The molecule has 0 atom stereocenters. The van der Waals surface area contributed by atoms with E-state index < -0.39 is 0 Å². The van der Waals surface area contributed by atoms with Crippen LogP contribution >= 0.6 is 0 Å². The van der Waals surface area contributed by atoms with Crippen LogP contribution in [0.5, 0.6) is 0 Å². The summed E-state index contributed by atoms with van der Waals surface area (Å²) in [5.74, 6) is -0.0972. The fraction of sp³-hybridized carbons (Fsp3) is 0.462. The Balaban J connectivity index is 2.52. The van der Waals surface area contributed by atoms with Crippen LogP contribution in [0.4, 0.5) is 0 Å². The fourth-order valence-electron chi connectivity index (χ4n) is 2.11. The van der Waals surface area contributed by atoms with Crippen molar-refractivity contribution in [2.45, 2.75) is 13.8 Å². The number of nitrogens with zero attached hydrogens (tertiary/aromatic N) is 4. The minimum Gasteiger partial charge on any atom is -0.395 e.